The second-order valence-corrected chi connectivity index (χ2v) is 6.26. The Morgan fingerprint density at radius 3 is 2.44 bits per heavy atom. The average molecular weight is 336 g/mol. The molecule has 0 spiro atoms. The van der Waals surface area contributed by atoms with Gasteiger partial charge in [-0.05, 0) is 24.6 Å². The minimum Gasteiger partial charge on any atom is -0.350 e. The second-order valence-electron chi connectivity index (χ2n) is 6.26. The Bertz CT molecular complexity index is 766. The molecule has 0 fully saturated rings. The van der Waals surface area contributed by atoms with Crippen LogP contribution in [0, 0.1) is 0 Å². The van der Waals surface area contributed by atoms with E-state index in [0.717, 1.165) is 31.6 Å². The summed E-state index contributed by atoms with van der Waals surface area (Å²) in [5.41, 5.74) is 3.58. The van der Waals surface area contributed by atoms with Crippen molar-refractivity contribution in [3.8, 4) is 0 Å². The van der Waals surface area contributed by atoms with E-state index in [1.54, 1.807) is 0 Å². The molecule has 0 radical (unpaired) electrons. The highest BCUT2D eigenvalue weighted by molar-refractivity contribution is 5.27. The number of likely N-dealkylation sites (N-methyl/N-ethyl adjacent to an activating group) is 1. The highest BCUT2D eigenvalue weighted by Gasteiger charge is 2.04. The van der Waals surface area contributed by atoms with Gasteiger partial charge in [0.25, 0.3) is 0 Å². The Morgan fingerprint density at radius 1 is 1.00 bits per heavy atom. The smallest absolute Gasteiger partial charge is 0.222 e. The highest BCUT2D eigenvalue weighted by Crippen LogP contribution is 2.07. The number of aromatic nitrogens is 4. The zero-order valence-electron chi connectivity index (χ0n) is 14.8. The Kier molecular flexibility index (Phi) is 5.74. The molecule has 0 unspecified atom stereocenters. The molecule has 2 heterocycles. The van der Waals surface area contributed by atoms with Gasteiger partial charge in [-0.1, -0.05) is 30.3 Å². The van der Waals surface area contributed by atoms with Crippen LogP contribution in [-0.4, -0.2) is 38.2 Å². The lowest BCUT2D eigenvalue weighted by atomic mass is 10.2. The molecule has 0 saturated heterocycles. The average Bonchev–Trinajstić information content (AvgIpc) is 3.06. The van der Waals surface area contributed by atoms with Crippen molar-refractivity contribution in [3.63, 3.8) is 0 Å². The molecule has 0 atom stereocenters. The number of benzene rings is 1. The molecule has 0 saturated carbocycles. The molecule has 1 N–H and O–H groups in total. The molecule has 6 heteroatoms. The number of anilines is 1. The summed E-state index contributed by atoms with van der Waals surface area (Å²) < 4.78 is 1.84. The fourth-order valence-electron chi connectivity index (χ4n) is 2.62. The van der Waals surface area contributed by atoms with Crippen LogP contribution in [0.25, 0.3) is 0 Å². The van der Waals surface area contributed by atoms with Crippen molar-refractivity contribution < 1.29 is 0 Å². The summed E-state index contributed by atoms with van der Waals surface area (Å²) in [5, 5.41) is 7.44. The first-order valence-corrected chi connectivity index (χ1v) is 8.44. The Hall–Kier alpha value is -2.73. The molecule has 2 aromatic heterocycles. The minimum atomic E-state index is 0.658. The molecule has 3 rings (SSSR count). The standard InChI is InChI=1S/C19H24N6/c1-24(9-8-17-13-23-25(2)15-17)14-18-11-21-19(22-12-18)20-10-16-6-4-3-5-7-16/h3-7,11-13,15H,8-10,14H2,1-2H3,(H,20,21,22). The van der Waals surface area contributed by atoms with Crippen LogP contribution in [-0.2, 0) is 26.6 Å². The molecule has 0 amide bonds. The van der Waals surface area contributed by atoms with E-state index in [0.29, 0.717) is 5.95 Å². The second kappa shape index (κ2) is 8.39. The summed E-state index contributed by atoms with van der Waals surface area (Å²) in [6.07, 6.45) is 8.75. The summed E-state index contributed by atoms with van der Waals surface area (Å²) in [5.74, 6) is 0.658. The van der Waals surface area contributed by atoms with Crippen LogP contribution in [0.3, 0.4) is 0 Å². The van der Waals surface area contributed by atoms with Crippen molar-refractivity contribution in [2.45, 2.75) is 19.5 Å². The maximum Gasteiger partial charge on any atom is 0.222 e. The molecule has 0 aliphatic heterocycles. The first-order valence-electron chi connectivity index (χ1n) is 8.44. The van der Waals surface area contributed by atoms with Gasteiger partial charge in [0.05, 0.1) is 6.20 Å². The number of nitrogens with zero attached hydrogens (tertiary/aromatic N) is 5. The van der Waals surface area contributed by atoms with Crippen molar-refractivity contribution in [1.82, 2.24) is 24.6 Å². The van der Waals surface area contributed by atoms with Crippen molar-refractivity contribution in [1.29, 1.82) is 0 Å². The van der Waals surface area contributed by atoms with E-state index in [1.807, 2.05) is 48.5 Å². The summed E-state index contributed by atoms with van der Waals surface area (Å²) in [7, 11) is 4.05. The maximum atomic E-state index is 4.41. The van der Waals surface area contributed by atoms with E-state index in [2.05, 4.69) is 50.7 Å². The van der Waals surface area contributed by atoms with Crippen LogP contribution in [0.4, 0.5) is 5.95 Å². The molecular weight excluding hydrogens is 312 g/mol. The van der Waals surface area contributed by atoms with Crippen LogP contribution in [0.5, 0.6) is 0 Å². The maximum absolute atomic E-state index is 4.41. The lowest BCUT2D eigenvalue weighted by molar-refractivity contribution is 0.330. The quantitative estimate of drug-likeness (QED) is 0.685. The number of hydrogen-bond donors (Lipinski definition) is 1. The Morgan fingerprint density at radius 2 is 1.76 bits per heavy atom. The van der Waals surface area contributed by atoms with Crippen molar-refractivity contribution in [3.05, 3.63) is 71.8 Å². The molecular formula is C19H24N6. The van der Waals surface area contributed by atoms with Crippen LogP contribution in [0.2, 0.25) is 0 Å². The van der Waals surface area contributed by atoms with E-state index < -0.39 is 0 Å². The third-order valence-corrected chi connectivity index (χ3v) is 3.99. The van der Waals surface area contributed by atoms with E-state index in [9.17, 15) is 0 Å². The van der Waals surface area contributed by atoms with Crippen LogP contribution in [0.1, 0.15) is 16.7 Å². The third kappa shape index (κ3) is 5.39. The zero-order valence-corrected chi connectivity index (χ0v) is 14.8. The zero-order chi connectivity index (χ0) is 17.5. The minimum absolute atomic E-state index is 0.658. The largest absolute Gasteiger partial charge is 0.350 e. The highest BCUT2D eigenvalue weighted by atomic mass is 15.2. The van der Waals surface area contributed by atoms with Crippen LogP contribution < -0.4 is 5.32 Å². The van der Waals surface area contributed by atoms with Gasteiger partial charge >= 0.3 is 0 Å². The normalized spacial score (nSPS) is 11.0. The first kappa shape index (κ1) is 17.1. The fraction of sp³-hybridized carbons (Fsp3) is 0.316. The number of aryl methyl sites for hydroxylation is 1. The van der Waals surface area contributed by atoms with E-state index in [1.165, 1.54) is 11.1 Å². The SMILES string of the molecule is CN(CCc1cnn(C)c1)Cc1cnc(NCc2ccccc2)nc1. The summed E-state index contributed by atoms with van der Waals surface area (Å²) >= 11 is 0. The predicted octanol–water partition coefficient (Wildman–Crippen LogP) is 2.50. The van der Waals surface area contributed by atoms with Gasteiger partial charge in [0, 0.05) is 50.8 Å². The van der Waals surface area contributed by atoms with Gasteiger partial charge < -0.3 is 10.2 Å². The first-order chi connectivity index (χ1) is 12.2. The van der Waals surface area contributed by atoms with Gasteiger partial charge in [-0.3, -0.25) is 4.68 Å². The molecule has 0 bridgehead atoms. The van der Waals surface area contributed by atoms with Crippen molar-refractivity contribution >= 4 is 5.95 Å². The van der Waals surface area contributed by atoms with Crippen LogP contribution in [0.15, 0.2) is 55.1 Å². The number of rotatable bonds is 8. The van der Waals surface area contributed by atoms with Gasteiger partial charge in [-0.2, -0.15) is 5.10 Å². The lowest BCUT2D eigenvalue weighted by Gasteiger charge is -2.16. The molecule has 1 aromatic carbocycles. The van der Waals surface area contributed by atoms with Gasteiger partial charge in [0.1, 0.15) is 0 Å². The van der Waals surface area contributed by atoms with Gasteiger partial charge in [-0.25, -0.2) is 9.97 Å². The molecule has 25 heavy (non-hydrogen) atoms. The van der Waals surface area contributed by atoms with E-state index in [4.69, 9.17) is 0 Å². The molecule has 0 aliphatic carbocycles. The van der Waals surface area contributed by atoms with Gasteiger partial charge in [0.2, 0.25) is 5.95 Å². The molecule has 130 valence electrons. The Balaban J connectivity index is 1.45. The van der Waals surface area contributed by atoms with E-state index >= 15 is 0 Å². The third-order valence-electron chi connectivity index (χ3n) is 3.99. The summed E-state index contributed by atoms with van der Waals surface area (Å²) in [6, 6.07) is 10.2. The topological polar surface area (TPSA) is 58.9 Å². The van der Waals surface area contributed by atoms with Crippen molar-refractivity contribution in [2.24, 2.45) is 7.05 Å². The molecule has 3 aromatic rings. The fourth-order valence-corrected chi connectivity index (χ4v) is 2.62. The predicted molar refractivity (Wildman–Crippen MR) is 99.0 cm³/mol. The number of nitrogens with one attached hydrogen (secondary N) is 1. The van der Waals surface area contributed by atoms with Crippen LogP contribution >= 0.6 is 0 Å². The lowest BCUT2D eigenvalue weighted by Crippen LogP contribution is -2.21. The molecule has 0 aliphatic rings. The summed E-state index contributed by atoms with van der Waals surface area (Å²) in [6.45, 7) is 2.53. The monoisotopic (exact) mass is 336 g/mol. The number of hydrogen-bond acceptors (Lipinski definition) is 5. The molecule has 6 nitrogen and oxygen atoms in total. The van der Waals surface area contributed by atoms with Gasteiger partial charge in [0.15, 0.2) is 0 Å². The van der Waals surface area contributed by atoms with Gasteiger partial charge in [-0.15, -0.1) is 0 Å². The van der Waals surface area contributed by atoms with E-state index in [-0.39, 0.29) is 0 Å². The van der Waals surface area contributed by atoms with Crippen molar-refractivity contribution in [2.75, 3.05) is 18.9 Å². The Labute approximate surface area is 148 Å². The summed E-state index contributed by atoms with van der Waals surface area (Å²) in [4.78, 5) is 11.1.